The number of halogens is 1. The Bertz CT molecular complexity index is 504. The fourth-order valence-corrected chi connectivity index (χ4v) is 3.26. The van der Waals surface area contributed by atoms with Crippen molar-refractivity contribution >= 4 is 17.3 Å². The van der Waals surface area contributed by atoms with Crippen LogP contribution < -0.4 is 5.32 Å². The molecule has 2 rings (SSSR count). The highest BCUT2D eigenvalue weighted by molar-refractivity contribution is 6.30. The molecule has 1 aromatic carbocycles. The first-order chi connectivity index (χ1) is 10.6. The van der Waals surface area contributed by atoms with Crippen LogP contribution in [0.1, 0.15) is 44.2 Å². The molecule has 0 unspecified atom stereocenters. The summed E-state index contributed by atoms with van der Waals surface area (Å²) in [7, 11) is 0. The molecule has 1 saturated heterocycles. The van der Waals surface area contributed by atoms with E-state index in [1.807, 2.05) is 0 Å². The fourth-order valence-electron chi connectivity index (χ4n) is 3.07. The number of hydrogen-bond acceptors (Lipinski definition) is 4. The molecule has 0 bridgehead atoms. The Hall–Kier alpha value is -1.17. The summed E-state index contributed by atoms with van der Waals surface area (Å²) in [6.07, 6.45) is 4.31. The highest BCUT2D eigenvalue weighted by atomic mass is 35.5. The summed E-state index contributed by atoms with van der Waals surface area (Å²) in [6, 6.07) is 4.99. The SMILES string of the molecule is CCCCC[C@@H](c1cc(Cl)ccc1[N+](=O)[O-])N1CCNCC1. The maximum atomic E-state index is 11.4. The lowest BCUT2D eigenvalue weighted by Gasteiger charge is -2.35. The lowest BCUT2D eigenvalue weighted by atomic mass is 9.96. The monoisotopic (exact) mass is 325 g/mol. The zero-order valence-electron chi connectivity index (χ0n) is 13.1. The quantitative estimate of drug-likeness (QED) is 0.471. The van der Waals surface area contributed by atoms with E-state index < -0.39 is 0 Å². The molecule has 0 radical (unpaired) electrons. The summed E-state index contributed by atoms with van der Waals surface area (Å²) < 4.78 is 0. The number of nitro groups is 1. The van der Waals surface area contributed by atoms with Crippen molar-refractivity contribution in [2.75, 3.05) is 26.2 Å². The lowest BCUT2D eigenvalue weighted by Crippen LogP contribution is -2.45. The molecule has 1 N–H and O–H groups in total. The first kappa shape index (κ1) is 17.2. The van der Waals surface area contributed by atoms with Gasteiger partial charge in [-0.15, -0.1) is 0 Å². The standard InChI is InChI=1S/C16H24ClN3O2/c1-2-3-4-5-15(19-10-8-18-9-11-19)14-12-13(17)6-7-16(14)20(21)22/h6-7,12,15,18H,2-5,8-11H2,1H3/t15-/m0/s1. The van der Waals surface area contributed by atoms with Crippen LogP contribution in [0.25, 0.3) is 0 Å². The Morgan fingerprint density at radius 1 is 1.36 bits per heavy atom. The van der Waals surface area contributed by atoms with Crippen LogP contribution in [0.5, 0.6) is 0 Å². The van der Waals surface area contributed by atoms with Crippen molar-refractivity contribution in [3.8, 4) is 0 Å². The third-order valence-electron chi connectivity index (χ3n) is 4.22. The van der Waals surface area contributed by atoms with Gasteiger partial charge in [-0.3, -0.25) is 15.0 Å². The number of unbranched alkanes of at least 4 members (excludes halogenated alkanes) is 2. The molecule has 1 aliphatic rings. The van der Waals surface area contributed by atoms with E-state index in [1.165, 1.54) is 6.07 Å². The maximum absolute atomic E-state index is 11.4. The molecule has 0 saturated carbocycles. The number of nitrogens with zero attached hydrogens (tertiary/aromatic N) is 2. The lowest BCUT2D eigenvalue weighted by molar-refractivity contribution is -0.386. The van der Waals surface area contributed by atoms with Gasteiger partial charge in [-0.25, -0.2) is 0 Å². The maximum Gasteiger partial charge on any atom is 0.274 e. The van der Waals surface area contributed by atoms with Gasteiger partial charge in [0, 0.05) is 48.9 Å². The molecular weight excluding hydrogens is 302 g/mol. The van der Waals surface area contributed by atoms with E-state index in [2.05, 4.69) is 17.1 Å². The van der Waals surface area contributed by atoms with Gasteiger partial charge in [-0.2, -0.15) is 0 Å². The summed E-state index contributed by atoms with van der Waals surface area (Å²) in [5.74, 6) is 0. The summed E-state index contributed by atoms with van der Waals surface area (Å²) >= 11 is 6.11. The fraction of sp³-hybridized carbons (Fsp3) is 0.625. The molecule has 122 valence electrons. The van der Waals surface area contributed by atoms with E-state index >= 15 is 0 Å². The van der Waals surface area contributed by atoms with Crippen molar-refractivity contribution in [3.63, 3.8) is 0 Å². The second kappa shape index (κ2) is 8.46. The molecule has 22 heavy (non-hydrogen) atoms. The number of nitro benzene ring substituents is 1. The first-order valence-electron chi connectivity index (χ1n) is 8.02. The highest BCUT2D eigenvalue weighted by Crippen LogP contribution is 2.35. The van der Waals surface area contributed by atoms with E-state index in [-0.39, 0.29) is 16.7 Å². The van der Waals surface area contributed by atoms with Gasteiger partial charge < -0.3 is 5.32 Å². The zero-order chi connectivity index (χ0) is 15.9. The minimum Gasteiger partial charge on any atom is -0.314 e. The van der Waals surface area contributed by atoms with Crippen molar-refractivity contribution in [3.05, 3.63) is 38.9 Å². The Morgan fingerprint density at radius 2 is 2.09 bits per heavy atom. The molecule has 0 amide bonds. The van der Waals surface area contributed by atoms with E-state index in [4.69, 9.17) is 11.6 Å². The largest absolute Gasteiger partial charge is 0.314 e. The molecule has 1 fully saturated rings. The van der Waals surface area contributed by atoms with Crippen LogP contribution in [0.2, 0.25) is 5.02 Å². The average Bonchev–Trinajstić information content (AvgIpc) is 2.52. The molecule has 0 aromatic heterocycles. The zero-order valence-corrected chi connectivity index (χ0v) is 13.8. The molecule has 1 heterocycles. The number of nitrogens with one attached hydrogen (secondary N) is 1. The van der Waals surface area contributed by atoms with E-state index in [1.54, 1.807) is 12.1 Å². The van der Waals surface area contributed by atoms with Gasteiger partial charge in [0.1, 0.15) is 0 Å². The topological polar surface area (TPSA) is 58.4 Å². The minimum atomic E-state index is -0.291. The molecule has 1 aliphatic heterocycles. The van der Waals surface area contributed by atoms with Gasteiger partial charge in [-0.1, -0.05) is 37.8 Å². The van der Waals surface area contributed by atoms with Crippen molar-refractivity contribution < 1.29 is 4.92 Å². The van der Waals surface area contributed by atoms with Crippen LogP contribution in [-0.2, 0) is 0 Å². The number of rotatable bonds is 7. The van der Waals surface area contributed by atoms with Crippen molar-refractivity contribution in [1.82, 2.24) is 10.2 Å². The minimum absolute atomic E-state index is 0.0766. The van der Waals surface area contributed by atoms with Gasteiger partial charge in [-0.05, 0) is 18.6 Å². The molecule has 0 aliphatic carbocycles. The normalized spacial score (nSPS) is 17.4. The summed E-state index contributed by atoms with van der Waals surface area (Å²) in [6.45, 7) is 5.86. The first-order valence-corrected chi connectivity index (χ1v) is 8.40. The predicted octanol–water partition coefficient (Wildman–Crippen LogP) is 3.77. The second-order valence-electron chi connectivity index (χ2n) is 5.76. The van der Waals surface area contributed by atoms with Crippen molar-refractivity contribution in [2.24, 2.45) is 0 Å². The summed E-state index contributed by atoms with van der Waals surface area (Å²) in [5.41, 5.74) is 0.944. The van der Waals surface area contributed by atoms with Gasteiger partial charge >= 0.3 is 0 Å². The number of piperazine rings is 1. The van der Waals surface area contributed by atoms with Gasteiger partial charge in [0.15, 0.2) is 0 Å². The van der Waals surface area contributed by atoms with Gasteiger partial charge in [0.05, 0.1) is 4.92 Å². The van der Waals surface area contributed by atoms with E-state index in [9.17, 15) is 10.1 Å². The molecule has 5 nitrogen and oxygen atoms in total. The third-order valence-corrected chi connectivity index (χ3v) is 4.45. The predicted molar refractivity (Wildman–Crippen MR) is 89.4 cm³/mol. The van der Waals surface area contributed by atoms with Crippen LogP contribution in [0, 0.1) is 10.1 Å². The molecular formula is C16H24ClN3O2. The highest BCUT2D eigenvalue weighted by Gasteiger charge is 2.28. The molecule has 6 heteroatoms. The Kier molecular flexibility index (Phi) is 6.61. The molecule has 1 aromatic rings. The van der Waals surface area contributed by atoms with E-state index in [0.717, 1.165) is 57.4 Å². The van der Waals surface area contributed by atoms with Crippen LogP contribution >= 0.6 is 11.6 Å². The van der Waals surface area contributed by atoms with Gasteiger partial charge in [0.25, 0.3) is 5.69 Å². The average molecular weight is 326 g/mol. The number of benzene rings is 1. The van der Waals surface area contributed by atoms with Crippen LogP contribution in [-0.4, -0.2) is 36.0 Å². The van der Waals surface area contributed by atoms with Crippen molar-refractivity contribution in [1.29, 1.82) is 0 Å². The molecule has 1 atom stereocenters. The Balaban J connectivity index is 2.30. The second-order valence-corrected chi connectivity index (χ2v) is 6.19. The number of hydrogen-bond donors (Lipinski definition) is 1. The van der Waals surface area contributed by atoms with E-state index in [0.29, 0.717) is 5.02 Å². The smallest absolute Gasteiger partial charge is 0.274 e. The molecule has 0 spiro atoms. The van der Waals surface area contributed by atoms with Crippen LogP contribution in [0.4, 0.5) is 5.69 Å². The van der Waals surface area contributed by atoms with Crippen LogP contribution in [0.15, 0.2) is 18.2 Å². The third kappa shape index (κ3) is 4.41. The van der Waals surface area contributed by atoms with Crippen molar-refractivity contribution in [2.45, 2.75) is 38.6 Å². The van der Waals surface area contributed by atoms with Crippen LogP contribution in [0.3, 0.4) is 0 Å². The Morgan fingerprint density at radius 3 is 2.73 bits per heavy atom. The summed E-state index contributed by atoms with van der Waals surface area (Å²) in [4.78, 5) is 13.4. The van der Waals surface area contributed by atoms with Gasteiger partial charge in [0.2, 0.25) is 0 Å². The summed E-state index contributed by atoms with van der Waals surface area (Å²) in [5, 5.41) is 15.3. The Labute approximate surface area is 136 Å².